The number of alkyl halides is 3. The summed E-state index contributed by atoms with van der Waals surface area (Å²) in [5, 5.41) is 13.5. The minimum Gasteiger partial charge on any atom is -0.197 e. The van der Waals surface area contributed by atoms with Crippen molar-refractivity contribution in [2.24, 2.45) is 0 Å². The second-order valence-electron chi connectivity index (χ2n) is 4.16. The Labute approximate surface area is 116 Å². The molecule has 0 amide bonds. The molecule has 0 atom stereocenters. The fourth-order valence-corrected chi connectivity index (χ4v) is 2.54. The molecule has 0 aliphatic rings. The van der Waals surface area contributed by atoms with Gasteiger partial charge in [-0.25, -0.2) is 0 Å². The van der Waals surface area contributed by atoms with Crippen LogP contribution in [0.1, 0.15) is 5.56 Å². The lowest BCUT2D eigenvalue weighted by atomic mass is 10.00. The van der Waals surface area contributed by atoms with E-state index in [2.05, 4.69) is 15.4 Å². The molecule has 0 fully saturated rings. The first-order valence-electron chi connectivity index (χ1n) is 5.65. The molecular formula is C13H8F3N3S. The molecule has 0 aliphatic heterocycles. The highest BCUT2D eigenvalue weighted by Crippen LogP contribution is 2.36. The van der Waals surface area contributed by atoms with Crippen LogP contribution in [0.2, 0.25) is 0 Å². The zero-order chi connectivity index (χ0) is 14.2. The van der Waals surface area contributed by atoms with Crippen LogP contribution in [0, 0.1) is 0 Å². The Morgan fingerprint density at radius 1 is 1.05 bits per heavy atom. The topological polar surface area (TPSA) is 41.6 Å². The molecule has 7 heteroatoms. The van der Waals surface area contributed by atoms with E-state index in [0.717, 1.165) is 17.7 Å². The molecule has 20 heavy (non-hydrogen) atoms. The molecule has 0 aliphatic carbocycles. The van der Waals surface area contributed by atoms with E-state index in [0.29, 0.717) is 16.8 Å². The molecule has 0 radical (unpaired) electrons. The third-order valence-corrected chi connectivity index (χ3v) is 3.51. The van der Waals surface area contributed by atoms with Gasteiger partial charge < -0.3 is 0 Å². The Kier molecular flexibility index (Phi) is 3.06. The molecule has 3 aromatic rings. The van der Waals surface area contributed by atoms with Crippen molar-refractivity contribution in [3.63, 3.8) is 0 Å². The zero-order valence-corrected chi connectivity index (χ0v) is 10.8. The number of nitrogens with zero attached hydrogens (tertiary/aromatic N) is 2. The van der Waals surface area contributed by atoms with Crippen molar-refractivity contribution in [2.75, 3.05) is 0 Å². The summed E-state index contributed by atoms with van der Waals surface area (Å²) in [6, 6.07) is 5.68. The highest BCUT2D eigenvalue weighted by atomic mass is 32.1. The van der Waals surface area contributed by atoms with Crippen LogP contribution < -0.4 is 0 Å². The lowest BCUT2D eigenvalue weighted by Gasteiger charge is -2.10. The molecule has 0 saturated carbocycles. The van der Waals surface area contributed by atoms with Gasteiger partial charge in [-0.3, -0.25) is 0 Å². The molecule has 3 rings (SSSR count). The van der Waals surface area contributed by atoms with E-state index >= 15 is 0 Å². The Balaban J connectivity index is 2.19. The maximum atomic E-state index is 13.0. The van der Waals surface area contributed by atoms with Gasteiger partial charge >= 0.3 is 6.18 Å². The van der Waals surface area contributed by atoms with E-state index in [1.54, 1.807) is 12.1 Å². The molecule has 3 nitrogen and oxygen atoms in total. The first kappa shape index (κ1) is 12.9. The van der Waals surface area contributed by atoms with Crippen molar-refractivity contribution in [3.05, 3.63) is 46.8 Å². The van der Waals surface area contributed by atoms with Gasteiger partial charge in [0.05, 0.1) is 11.8 Å². The maximum absolute atomic E-state index is 13.0. The number of aromatic nitrogens is 3. The minimum absolute atomic E-state index is 0.382. The van der Waals surface area contributed by atoms with Crippen molar-refractivity contribution >= 4 is 11.3 Å². The number of halogens is 3. The van der Waals surface area contributed by atoms with E-state index in [4.69, 9.17) is 0 Å². The summed E-state index contributed by atoms with van der Waals surface area (Å²) >= 11 is 1.44. The normalized spacial score (nSPS) is 11.8. The smallest absolute Gasteiger partial charge is 0.197 e. The van der Waals surface area contributed by atoms with Crippen LogP contribution in [0.25, 0.3) is 22.4 Å². The van der Waals surface area contributed by atoms with E-state index in [1.807, 2.05) is 10.8 Å². The molecule has 0 spiro atoms. The fourth-order valence-electron chi connectivity index (χ4n) is 1.88. The summed E-state index contributed by atoms with van der Waals surface area (Å²) in [4.78, 5) is 0. The SMILES string of the molecule is FC(F)(F)c1cc(-c2ccsc2)cc(-c2cn[nH]n2)c1. The molecule has 1 aromatic carbocycles. The fraction of sp³-hybridized carbons (Fsp3) is 0.0769. The van der Waals surface area contributed by atoms with E-state index in [1.165, 1.54) is 17.5 Å². The van der Waals surface area contributed by atoms with Crippen LogP contribution in [-0.4, -0.2) is 15.4 Å². The van der Waals surface area contributed by atoms with Gasteiger partial charge in [-0.05, 0) is 46.2 Å². The third kappa shape index (κ3) is 2.44. The highest BCUT2D eigenvalue weighted by Gasteiger charge is 2.31. The summed E-state index contributed by atoms with van der Waals surface area (Å²) in [6.07, 6.45) is -3.00. The molecule has 0 saturated heterocycles. The number of hydrogen-bond donors (Lipinski definition) is 1. The van der Waals surface area contributed by atoms with Crippen LogP contribution in [0.15, 0.2) is 41.2 Å². The molecule has 1 N–H and O–H groups in total. The molecule has 102 valence electrons. The second-order valence-corrected chi connectivity index (χ2v) is 4.94. The number of rotatable bonds is 2. The van der Waals surface area contributed by atoms with Crippen LogP contribution in [0.3, 0.4) is 0 Å². The molecule has 0 bridgehead atoms. The number of thiophene rings is 1. The van der Waals surface area contributed by atoms with Crippen LogP contribution in [-0.2, 0) is 6.18 Å². The lowest BCUT2D eigenvalue weighted by Crippen LogP contribution is -2.05. The summed E-state index contributed by atoms with van der Waals surface area (Å²) in [7, 11) is 0. The monoisotopic (exact) mass is 295 g/mol. The number of aromatic amines is 1. The van der Waals surface area contributed by atoms with Crippen molar-refractivity contribution in [1.82, 2.24) is 15.4 Å². The van der Waals surface area contributed by atoms with E-state index < -0.39 is 11.7 Å². The predicted molar refractivity (Wildman–Crippen MR) is 70.1 cm³/mol. The van der Waals surface area contributed by atoms with Crippen molar-refractivity contribution in [3.8, 4) is 22.4 Å². The van der Waals surface area contributed by atoms with Crippen LogP contribution >= 0.6 is 11.3 Å². The molecule has 0 unspecified atom stereocenters. The first-order chi connectivity index (χ1) is 9.54. The Bertz CT molecular complexity index is 651. The summed E-state index contributed by atoms with van der Waals surface area (Å²) in [5.74, 6) is 0. The minimum atomic E-state index is -4.40. The highest BCUT2D eigenvalue weighted by molar-refractivity contribution is 7.08. The first-order valence-corrected chi connectivity index (χ1v) is 6.59. The van der Waals surface area contributed by atoms with Crippen molar-refractivity contribution < 1.29 is 13.2 Å². The van der Waals surface area contributed by atoms with Crippen molar-refractivity contribution in [1.29, 1.82) is 0 Å². The Morgan fingerprint density at radius 3 is 2.45 bits per heavy atom. The molecule has 2 heterocycles. The van der Waals surface area contributed by atoms with Gasteiger partial charge in [0.15, 0.2) is 0 Å². The predicted octanol–water partition coefficient (Wildman–Crippen LogP) is 4.22. The van der Waals surface area contributed by atoms with Crippen LogP contribution in [0.5, 0.6) is 0 Å². The average Bonchev–Trinajstić information content (AvgIpc) is 3.10. The second kappa shape index (κ2) is 4.75. The van der Waals surface area contributed by atoms with Crippen LogP contribution in [0.4, 0.5) is 13.2 Å². The average molecular weight is 295 g/mol. The number of H-pyrrole nitrogens is 1. The summed E-state index contributed by atoms with van der Waals surface area (Å²) < 4.78 is 39.0. The lowest BCUT2D eigenvalue weighted by molar-refractivity contribution is -0.137. The van der Waals surface area contributed by atoms with Gasteiger partial charge in [0.2, 0.25) is 0 Å². The Morgan fingerprint density at radius 2 is 1.85 bits per heavy atom. The number of nitrogens with one attached hydrogen (secondary N) is 1. The number of benzene rings is 1. The van der Waals surface area contributed by atoms with Crippen molar-refractivity contribution in [2.45, 2.75) is 6.18 Å². The molecular weight excluding hydrogens is 287 g/mol. The van der Waals surface area contributed by atoms with Gasteiger partial charge in [0.1, 0.15) is 5.69 Å². The van der Waals surface area contributed by atoms with E-state index in [9.17, 15) is 13.2 Å². The van der Waals surface area contributed by atoms with Gasteiger partial charge in [-0.2, -0.15) is 39.9 Å². The maximum Gasteiger partial charge on any atom is 0.416 e. The van der Waals surface area contributed by atoms with Gasteiger partial charge in [0.25, 0.3) is 0 Å². The van der Waals surface area contributed by atoms with Gasteiger partial charge in [-0.1, -0.05) is 0 Å². The van der Waals surface area contributed by atoms with Gasteiger partial charge in [0, 0.05) is 5.56 Å². The van der Waals surface area contributed by atoms with E-state index in [-0.39, 0.29) is 0 Å². The molecule has 2 aromatic heterocycles. The Hall–Kier alpha value is -2.15. The third-order valence-electron chi connectivity index (χ3n) is 2.83. The van der Waals surface area contributed by atoms with Gasteiger partial charge in [-0.15, -0.1) is 0 Å². The summed E-state index contributed by atoms with van der Waals surface area (Å²) in [5.41, 5.74) is 1.34. The largest absolute Gasteiger partial charge is 0.416 e. The standard InChI is InChI=1S/C13H8F3N3S/c14-13(15,16)11-4-9(8-1-2-20-7-8)3-10(5-11)12-6-17-19-18-12/h1-7H,(H,17,18,19). The number of hydrogen-bond acceptors (Lipinski definition) is 3. The zero-order valence-electron chi connectivity index (χ0n) is 9.98. The quantitative estimate of drug-likeness (QED) is 0.769. The summed E-state index contributed by atoms with van der Waals surface area (Å²) in [6.45, 7) is 0.